The predicted octanol–water partition coefficient (Wildman–Crippen LogP) is 4.67. The number of aromatic hydroxyl groups is 1. The molecule has 0 saturated carbocycles. The Bertz CT molecular complexity index is 1000. The van der Waals surface area contributed by atoms with Crippen molar-refractivity contribution in [3.8, 4) is 5.75 Å². The molecule has 0 radical (unpaired) electrons. The molecule has 3 aromatic rings. The van der Waals surface area contributed by atoms with Crippen molar-refractivity contribution in [3.05, 3.63) is 101 Å². The van der Waals surface area contributed by atoms with E-state index < -0.39 is 0 Å². The van der Waals surface area contributed by atoms with E-state index >= 15 is 0 Å². The summed E-state index contributed by atoms with van der Waals surface area (Å²) >= 11 is 0. The SMILES string of the molecule is Cc1ccc([C@@H]2Cc3ccccc3C(=O)C(c3ccccc3O)=N2)cc1. The van der Waals surface area contributed by atoms with Crippen LogP contribution in [-0.4, -0.2) is 16.6 Å². The van der Waals surface area contributed by atoms with Crippen molar-refractivity contribution >= 4 is 11.5 Å². The topological polar surface area (TPSA) is 49.7 Å². The highest BCUT2D eigenvalue weighted by atomic mass is 16.3. The Balaban J connectivity index is 1.91. The van der Waals surface area contributed by atoms with E-state index in [0.29, 0.717) is 23.3 Å². The minimum Gasteiger partial charge on any atom is -0.507 e. The average Bonchev–Trinajstić information content (AvgIpc) is 2.80. The van der Waals surface area contributed by atoms with Crippen molar-refractivity contribution in [2.75, 3.05) is 0 Å². The third-order valence-electron chi connectivity index (χ3n) is 4.80. The zero-order valence-corrected chi connectivity index (χ0v) is 14.5. The van der Waals surface area contributed by atoms with Crippen LogP contribution in [0.3, 0.4) is 0 Å². The second-order valence-corrected chi connectivity index (χ2v) is 6.61. The Morgan fingerprint density at radius 3 is 2.27 bits per heavy atom. The number of Topliss-reactive ketones (excluding diaryl/α,β-unsaturated/α-hetero) is 1. The number of para-hydroxylation sites is 1. The Morgan fingerprint density at radius 1 is 0.885 bits per heavy atom. The van der Waals surface area contributed by atoms with Gasteiger partial charge in [0, 0.05) is 11.1 Å². The van der Waals surface area contributed by atoms with Crippen LogP contribution < -0.4 is 0 Å². The van der Waals surface area contributed by atoms with Gasteiger partial charge in [-0.05, 0) is 36.6 Å². The van der Waals surface area contributed by atoms with Crippen LogP contribution in [0, 0.1) is 6.92 Å². The maximum absolute atomic E-state index is 13.2. The molecule has 26 heavy (non-hydrogen) atoms. The molecule has 128 valence electrons. The van der Waals surface area contributed by atoms with E-state index in [0.717, 1.165) is 11.1 Å². The summed E-state index contributed by atoms with van der Waals surface area (Å²) in [6, 6.07) is 22.6. The van der Waals surface area contributed by atoms with E-state index in [1.54, 1.807) is 18.2 Å². The first-order valence-electron chi connectivity index (χ1n) is 8.69. The Labute approximate surface area is 152 Å². The Hall–Kier alpha value is -3.20. The predicted molar refractivity (Wildman–Crippen MR) is 103 cm³/mol. The minimum atomic E-state index is -0.169. The smallest absolute Gasteiger partial charge is 0.211 e. The standard InChI is InChI=1S/C23H19NO2/c1-15-10-12-16(13-11-15)20-14-17-6-2-3-7-18(17)23(26)22(24-20)19-8-4-5-9-21(19)25/h2-13,20,25H,14H2,1H3/t20-/m0/s1. The van der Waals surface area contributed by atoms with Gasteiger partial charge in [0.2, 0.25) is 5.78 Å². The van der Waals surface area contributed by atoms with Crippen molar-refractivity contribution in [1.82, 2.24) is 0 Å². The second kappa shape index (κ2) is 6.60. The summed E-state index contributed by atoms with van der Waals surface area (Å²) in [4.78, 5) is 18.0. The molecule has 1 aliphatic heterocycles. The molecule has 3 aromatic carbocycles. The Kier molecular flexibility index (Phi) is 4.13. The van der Waals surface area contributed by atoms with Crippen LogP contribution in [0.2, 0.25) is 0 Å². The molecule has 0 spiro atoms. The van der Waals surface area contributed by atoms with Crippen LogP contribution in [0.5, 0.6) is 5.75 Å². The van der Waals surface area contributed by atoms with Crippen LogP contribution in [0.15, 0.2) is 77.8 Å². The summed E-state index contributed by atoms with van der Waals surface area (Å²) < 4.78 is 0. The van der Waals surface area contributed by atoms with Gasteiger partial charge in [-0.3, -0.25) is 9.79 Å². The van der Waals surface area contributed by atoms with E-state index in [2.05, 4.69) is 24.3 Å². The van der Waals surface area contributed by atoms with Crippen molar-refractivity contribution in [2.24, 2.45) is 4.99 Å². The zero-order valence-electron chi connectivity index (χ0n) is 14.5. The fraction of sp³-hybridized carbons (Fsp3) is 0.130. The van der Waals surface area contributed by atoms with E-state index in [1.165, 1.54) is 5.56 Å². The van der Waals surface area contributed by atoms with E-state index in [4.69, 9.17) is 4.99 Å². The number of hydrogen-bond donors (Lipinski definition) is 1. The molecule has 4 rings (SSSR count). The molecule has 1 aliphatic rings. The lowest BCUT2D eigenvalue weighted by molar-refractivity contribution is 0.106. The molecule has 0 bridgehead atoms. The summed E-state index contributed by atoms with van der Waals surface area (Å²) in [7, 11) is 0. The number of carbonyl (C=O) groups excluding carboxylic acids is 1. The van der Waals surface area contributed by atoms with Gasteiger partial charge in [-0.25, -0.2) is 0 Å². The lowest BCUT2D eigenvalue weighted by Gasteiger charge is -2.13. The third-order valence-corrected chi connectivity index (χ3v) is 4.80. The molecule has 0 saturated heterocycles. The lowest BCUT2D eigenvalue weighted by Crippen LogP contribution is -2.16. The molecule has 0 fully saturated rings. The van der Waals surface area contributed by atoms with Gasteiger partial charge in [0.15, 0.2) is 0 Å². The number of phenolic OH excluding ortho intramolecular Hbond substituents is 1. The first kappa shape index (κ1) is 16.3. The zero-order chi connectivity index (χ0) is 18.1. The molecule has 0 amide bonds. The summed E-state index contributed by atoms with van der Waals surface area (Å²) in [5.41, 5.74) is 4.68. The number of phenols is 1. The highest BCUT2D eigenvalue weighted by Gasteiger charge is 2.27. The van der Waals surface area contributed by atoms with E-state index in [-0.39, 0.29) is 17.6 Å². The van der Waals surface area contributed by atoms with Crippen molar-refractivity contribution in [2.45, 2.75) is 19.4 Å². The fourth-order valence-electron chi connectivity index (χ4n) is 3.36. The van der Waals surface area contributed by atoms with Gasteiger partial charge in [0.05, 0.1) is 6.04 Å². The summed E-state index contributed by atoms with van der Waals surface area (Å²) in [5, 5.41) is 10.3. The molecule has 0 aromatic heterocycles. The van der Waals surface area contributed by atoms with Crippen LogP contribution in [0.25, 0.3) is 0 Å². The number of aryl methyl sites for hydroxylation is 1. The van der Waals surface area contributed by atoms with Gasteiger partial charge in [-0.15, -0.1) is 0 Å². The molecular weight excluding hydrogens is 322 g/mol. The minimum absolute atomic E-state index is 0.0710. The van der Waals surface area contributed by atoms with Gasteiger partial charge in [0.25, 0.3) is 0 Å². The van der Waals surface area contributed by atoms with Gasteiger partial charge >= 0.3 is 0 Å². The maximum atomic E-state index is 13.2. The molecular formula is C23H19NO2. The third kappa shape index (κ3) is 2.93. The normalized spacial score (nSPS) is 16.6. The van der Waals surface area contributed by atoms with Crippen molar-refractivity contribution in [1.29, 1.82) is 0 Å². The summed E-state index contributed by atoms with van der Waals surface area (Å²) in [5.74, 6) is -0.0710. The van der Waals surface area contributed by atoms with Crippen molar-refractivity contribution in [3.63, 3.8) is 0 Å². The Morgan fingerprint density at radius 2 is 1.54 bits per heavy atom. The van der Waals surface area contributed by atoms with Gasteiger partial charge in [0.1, 0.15) is 11.5 Å². The molecule has 1 N–H and O–H groups in total. The maximum Gasteiger partial charge on any atom is 0.211 e. The van der Waals surface area contributed by atoms with Crippen molar-refractivity contribution < 1.29 is 9.90 Å². The van der Waals surface area contributed by atoms with Crippen LogP contribution in [0.4, 0.5) is 0 Å². The number of ketones is 1. The number of fused-ring (bicyclic) bond motifs is 1. The largest absolute Gasteiger partial charge is 0.507 e. The van der Waals surface area contributed by atoms with Crippen LogP contribution in [-0.2, 0) is 6.42 Å². The average molecular weight is 341 g/mol. The van der Waals surface area contributed by atoms with Gasteiger partial charge < -0.3 is 5.11 Å². The van der Waals surface area contributed by atoms with Gasteiger partial charge in [-0.1, -0.05) is 66.2 Å². The molecule has 1 atom stereocenters. The van der Waals surface area contributed by atoms with E-state index in [1.807, 2.05) is 37.3 Å². The van der Waals surface area contributed by atoms with Gasteiger partial charge in [-0.2, -0.15) is 0 Å². The quantitative estimate of drug-likeness (QED) is 0.736. The number of aliphatic imine (C=N–C) groups is 1. The number of nitrogens with zero attached hydrogens (tertiary/aromatic N) is 1. The highest BCUT2D eigenvalue weighted by molar-refractivity contribution is 6.52. The van der Waals surface area contributed by atoms with Crippen LogP contribution in [0.1, 0.15) is 38.7 Å². The second-order valence-electron chi connectivity index (χ2n) is 6.61. The lowest BCUT2D eigenvalue weighted by atomic mass is 9.94. The number of carbonyl (C=O) groups is 1. The molecule has 0 unspecified atom stereocenters. The fourth-order valence-corrected chi connectivity index (χ4v) is 3.36. The summed E-state index contributed by atoms with van der Waals surface area (Å²) in [6.07, 6.45) is 0.655. The first-order chi connectivity index (χ1) is 12.6. The molecule has 0 aliphatic carbocycles. The first-order valence-corrected chi connectivity index (χ1v) is 8.69. The number of benzene rings is 3. The molecule has 1 heterocycles. The molecule has 3 heteroatoms. The number of hydrogen-bond acceptors (Lipinski definition) is 3. The highest BCUT2D eigenvalue weighted by Crippen LogP contribution is 2.31. The van der Waals surface area contributed by atoms with Crippen LogP contribution >= 0.6 is 0 Å². The van der Waals surface area contributed by atoms with E-state index in [9.17, 15) is 9.90 Å². The molecule has 3 nitrogen and oxygen atoms in total. The monoisotopic (exact) mass is 341 g/mol. The summed E-state index contributed by atoms with van der Waals surface area (Å²) in [6.45, 7) is 2.05. The number of rotatable bonds is 2.